The molecule has 0 spiro atoms. The fraction of sp³-hybridized carbons (Fsp3) is 0.0667. The zero-order valence-electron chi connectivity index (χ0n) is 11.5. The molecule has 0 unspecified atom stereocenters. The Hall–Kier alpha value is -2.24. The fourth-order valence-corrected chi connectivity index (χ4v) is 2.43. The van der Waals surface area contributed by atoms with E-state index in [2.05, 4.69) is 0 Å². The first-order chi connectivity index (χ1) is 10.4. The normalized spacial score (nSPS) is 10.3. The van der Waals surface area contributed by atoms with Crippen LogP contribution in [0.5, 0.6) is 5.75 Å². The second-order valence-electron chi connectivity index (χ2n) is 4.59. The van der Waals surface area contributed by atoms with Crippen molar-refractivity contribution in [1.82, 2.24) is 0 Å². The van der Waals surface area contributed by atoms with Crippen LogP contribution in [0, 0.1) is 10.8 Å². The Kier molecular flexibility index (Phi) is 4.90. The number of nitrogen functional groups attached to an aromatic ring is 2. The lowest BCUT2D eigenvalue weighted by Gasteiger charge is -2.12. The van der Waals surface area contributed by atoms with E-state index < -0.39 is 0 Å². The molecule has 0 saturated carbocycles. The number of ether oxygens (including phenoxy) is 1. The Morgan fingerprint density at radius 3 is 2.09 bits per heavy atom. The third kappa shape index (κ3) is 3.69. The first-order valence-corrected chi connectivity index (χ1v) is 7.03. The van der Waals surface area contributed by atoms with Gasteiger partial charge in [-0.15, -0.1) is 0 Å². The van der Waals surface area contributed by atoms with Crippen molar-refractivity contribution < 1.29 is 4.74 Å². The van der Waals surface area contributed by atoms with Gasteiger partial charge in [-0.05, 0) is 23.8 Å². The molecule has 0 aliphatic heterocycles. The molecule has 6 N–H and O–H groups in total. The van der Waals surface area contributed by atoms with Crippen molar-refractivity contribution in [1.29, 1.82) is 10.8 Å². The van der Waals surface area contributed by atoms with Crippen molar-refractivity contribution in [2.45, 2.75) is 6.61 Å². The van der Waals surface area contributed by atoms with Gasteiger partial charge in [0.1, 0.15) is 18.3 Å². The standard InChI is InChI=1S/C15H14Cl2N4O/c16-11-5-10(15(20)21)6-12(17)13(11)22-7-8-2-1-3-9(4-8)14(18)19/h1-6H,7H2,(H3,18,19)(H3,20,21). The van der Waals surface area contributed by atoms with Gasteiger partial charge in [0.25, 0.3) is 0 Å². The molecule has 5 nitrogen and oxygen atoms in total. The highest BCUT2D eigenvalue weighted by molar-refractivity contribution is 6.37. The van der Waals surface area contributed by atoms with Gasteiger partial charge in [0.2, 0.25) is 0 Å². The van der Waals surface area contributed by atoms with Gasteiger partial charge in [0.15, 0.2) is 5.75 Å². The number of benzene rings is 2. The van der Waals surface area contributed by atoms with Crippen LogP contribution in [0.2, 0.25) is 10.0 Å². The van der Waals surface area contributed by atoms with Crippen molar-refractivity contribution in [3.63, 3.8) is 0 Å². The van der Waals surface area contributed by atoms with Crippen molar-refractivity contribution >= 4 is 34.9 Å². The first kappa shape index (κ1) is 16.1. The third-order valence-electron chi connectivity index (χ3n) is 2.93. The molecule has 7 heteroatoms. The van der Waals surface area contributed by atoms with E-state index >= 15 is 0 Å². The number of hydrogen-bond donors (Lipinski definition) is 4. The molecule has 0 fully saturated rings. The highest BCUT2D eigenvalue weighted by atomic mass is 35.5. The van der Waals surface area contributed by atoms with Gasteiger partial charge in [0.05, 0.1) is 10.0 Å². The second kappa shape index (κ2) is 6.68. The van der Waals surface area contributed by atoms with E-state index in [1.54, 1.807) is 18.2 Å². The molecule has 0 heterocycles. The smallest absolute Gasteiger partial charge is 0.157 e. The molecule has 0 saturated heterocycles. The van der Waals surface area contributed by atoms with Crippen LogP contribution in [-0.2, 0) is 6.61 Å². The molecule has 0 aliphatic rings. The molecule has 2 aromatic rings. The average molecular weight is 337 g/mol. The van der Waals surface area contributed by atoms with Crippen LogP contribution in [0.4, 0.5) is 0 Å². The monoisotopic (exact) mass is 336 g/mol. The lowest BCUT2D eigenvalue weighted by molar-refractivity contribution is 0.306. The summed E-state index contributed by atoms with van der Waals surface area (Å²) in [5.41, 5.74) is 12.7. The summed E-state index contributed by atoms with van der Waals surface area (Å²) in [6, 6.07) is 10.2. The molecule has 2 aromatic carbocycles. The van der Waals surface area contributed by atoms with Gasteiger partial charge in [-0.3, -0.25) is 10.8 Å². The summed E-state index contributed by atoms with van der Waals surface area (Å²) in [5, 5.41) is 15.4. The maximum absolute atomic E-state index is 7.42. The molecular formula is C15H14Cl2N4O. The van der Waals surface area contributed by atoms with E-state index in [0.29, 0.717) is 16.9 Å². The SMILES string of the molecule is N=C(N)c1cccc(COc2c(Cl)cc(C(=N)N)cc2Cl)c1. The Labute approximate surface area is 137 Å². The lowest BCUT2D eigenvalue weighted by atomic mass is 10.1. The van der Waals surface area contributed by atoms with Crippen molar-refractivity contribution in [2.75, 3.05) is 0 Å². The number of nitrogens with one attached hydrogen (secondary N) is 2. The van der Waals surface area contributed by atoms with Crippen LogP contribution in [0.3, 0.4) is 0 Å². The summed E-state index contributed by atoms with van der Waals surface area (Å²) >= 11 is 12.2. The molecule has 22 heavy (non-hydrogen) atoms. The van der Waals surface area contributed by atoms with Crippen LogP contribution < -0.4 is 16.2 Å². The van der Waals surface area contributed by atoms with E-state index in [-0.39, 0.29) is 28.3 Å². The quantitative estimate of drug-likeness (QED) is 0.497. The maximum atomic E-state index is 7.42. The second-order valence-corrected chi connectivity index (χ2v) is 5.40. The van der Waals surface area contributed by atoms with E-state index in [1.165, 1.54) is 12.1 Å². The molecule has 0 aliphatic carbocycles. The Bertz CT molecular complexity index is 723. The van der Waals surface area contributed by atoms with Crippen LogP contribution in [0.25, 0.3) is 0 Å². The minimum absolute atomic E-state index is 0.0104. The molecule has 2 rings (SSSR count). The fourth-order valence-electron chi connectivity index (χ4n) is 1.84. The molecular weight excluding hydrogens is 323 g/mol. The molecule has 0 aromatic heterocycles. The molecule has 0 bridgehead atoms. The zero-order valence-corrected chi connectivity index (χ0v) is 13.0. The van der Waals surface area contributed by atoms with Crippen molar-refractivity contribution in [3.8, 4) is 5.75 Å². The number of nitrogens with two attached hydrogens (primary N) is 2. The predicted octanol–water partition coefficient (Wildman–Crippen LogP) is 3.14. The Balaban J connectivity index is 2.20. The minimum Gasteiger partial charge on any atom is -0.486 e. The predicted molar refractivity (Wildman–Crippen MR) is 89.3 cm³/mol. The number of halogens is 2. The topological polar surface area (TPSA) is 109 Å². The van der Waals surface area contributed by atoms with Gasteiger partial charge in [0, 0.05) is 11.1 Å². The van der Waals surface area contributed by atoms with Gasteiger partial charge >= 0.3 is 0 Å². The minimum atomic E-state index is -0.121. The lowest BCUT2D eigenvalue weighted by Crippen LogP contribution is -2.12. The summed E-state index contributed by atoms with van der Waals surface area (Å²) in [6.07, 6.45) is 0. The third-order valence-corrected chi connectivity index (χ3v) is 3.49. The summed E-state index contributed by atoms with van der Waals surface area (Å²) in [5.74, 6) is 0.190. The van der Waals surface area contributed by atoms with Crippen molar-refractivity contribution in [2.24, 2.45) is 11.5 Å². The van der Waals surface area contributed by atoms with Crippen molar-refractivity contribution in [3.05, 3.63) is 63.1 Å². The summed E-state index contributed by atoms with van der Waals surface area (Å²) in [7, 11) is 0. The van der Waals surface area contributed by atoms with Gasteiger partial charge in [-0.1, -0.05) is 41.4 Å². The van der Waals surface area contributed by atoms with Crippen LogP contribution in [0.15, 0.2) is 36.4 Å². The van der Waals surface area contributed by atoms with Crippen LogP contribution >= 0.6 is 23.2 Å². The van der Waals surface area contributed by atoms with E-state index in [1.807, 2.05) is 6.07 Å². The van der Waals surface area contributed by atoms with Crippen LogP contribution in [0.1, 0.15) is 16.7 Å². The highest BCUT2D eigenvalue weighted by Crippen LogP contribution is 2.34. The van der Waals surface area contributed by atoms with E-state index in [0.717, 1.165) is 5.56 Å². The van der Waals surface area contributed by atoms with Gasteiger partial charge in [-0.2, -0.15) is 0 Å². The summed E-state index contributed by atoms with van der Waals surface area (Å²) in [6.45, 7) is 0.222. The maximum Gasteiger partial charge on any atom is 0.157 e. The summed E-state index contributed by atoms with van der Waals surface area (Å²) < 4.78 is 5.64. The molecule has 0 amide bonds. The van der Waals surface area contributed by atoms with E-state index in [4.69, 9.17) is 50.2 Å². The highest BCUT2D eigenvalue weighted by Gasteiger charge is 2.11. The molecule has 114 valence electrons. The van der Waals surface area contributed by atoms with E-state index in [9.17, 15) is 0 Å². The van der Waals surface area contributed by atoms with Gasteiger partial charge in [-0.25, -0.2) is 0 Å². The molecule has 0 radical (unpaired) electrons. The Morgan fingerprint density at radius 1 is 0.955 bits per heavy atom. The van der Waals surface area contributed by atoms with Crippen LogP contribution in [-0.4, -0.2) is 11.7 Å². The number of hydrogen-bond acceptors (Lipinski definition) is 3. The number of rotatable bonds is 5. The zero-order chi connectivity index (χ0) is 16.3. The Morgan fingerprint density at radius 2 is 1.55 bits per heavy atom. The average Bonchev–Trinajstić information content (AvgIpc) is 2.46. The van der Waals surface area contributed by atoms with Gasteiger partial charge < -0.3 is 16.2 Å². The largest absolute Gasteiger partial charge is 0.486 e. The first-order valence-electron chi connectivity index (χ1n) is 6.28. The number of amidine groups is 2. The summed E-state index contributed by atoms with van der Waals surface area (Å²) in [4.78, 5) is 0. The molecule has 0 atom stereocenters.